The molecule has 3 N–H and O–H groups in total. The molecule has 1 amide bonds. The van der Waals surface area contributed by atoms with Crippen LogP contribution in [-0.2, 0) is 11.3 Å². The van der Waals surface area contributed by atoms with E-state index in [2.05, 4.69) is 5.32 Å². The van der Waals surface area contributed by atoms with Gasteiger partial charge in [0.1, 0.15) is 18.5 Å². The minimum atomic E-state index is -1.15. The van der Waals surface area contributed by atoms with E-state index < -0.39 is 24.8 Å². The third-order valence-electron chi connectivity index (χ3n) is 3.53. The summed E-state index contributed by atoms with van der Waals surface area (Å²) in [6.45, 7) is -0.368. The average molecular weight is 331 g/mol. The molecule has 0 aliphatic rings. The Morgan fingerprint density at radius 1 is 1.12 bits per heavy atom. The normalized spacial score (nSPS) is 13.0. The van der Waals surface area contributed by atoms with Gasteiger partial charge in [-0.3, -0.25) is 0 Å². The monoisotopic (exact) mass is 331 g/mol. The average Bonchev–Trinajstić information content (AvgIpc) is 2.65. The first kappa shape index (κ1) is 17.8. The van der Waals surface area contributed by atoms with Gasteiger partial charge in [-0.25, -0.2) is 4.79 Å². The number of nitrogens with one attached hydrogen (secondary N) is 1. The SMILES string of the molecule is COc1ccc(C(NC(=O)OCc2ccccc2)[C@H](O)CO)cc1. The van der Waals surface area contributed by atoms with E-state index in [0.717, 1.165) is 5.56 Å². The van der Waals surface area contributed by atoms with Gasteiger partial charge in [0, 0.05) is 0 Å². The Labute approximate surface area is 140 Å². The smallest absolute Gasteiger partial charge is 0.408 e. The molecule has 1 unspecified atom stereocenters. The number of amides is 1. The first-order chi connectivity index (χ1) is 11.6. The number of benzene rings is 2. The fourth-order valence-corrected chi connectivity index (χ4v) is 2.21. The van der Waals surface area contributed by atoms with Crippen LogP contribution in [0.25, 0.3) is 0 Å². The predicted molar refractivity (Wildman–Crippen MR) is 88.6 cm³/mol. The number of methoxy groups -OCH3 is 1. The number of aliphatic hydroxyl groups excluding tert-OH is 2. The molecule has 6 nitrogen and oxygen atoms in total. The van der Waals surface area contributed by atoms with Gasteiger partial charge in [0.15, 0.2) is 0 Å². The van der Waals surface area contributed by atoms with Crippen molar-refractivity contribution >= 4 is 6.09 Å². The summed E-state index contributed by atoms with van der Waals surface area (Å²) in [6.07, 6.45) is -1.82. The van der Waals surface area contributed by atoms with E-state index in [1.807, 2.05) is 30.3 Å². The second-order valence-corrected chi connectivity index (χ2v) is 5.21. The lowest BCUT2D eigenvalue weighted by molar-refractivity contribution is 0.0571. The molecule has 0 radical (unpaired) electrons. The van der Waals surface area contributed by atoms with Crippen LogP contribution in [0.4, 0.5) is 4.79 Å². The van der Waals surface area contributed by atoms with Gasteiger partial charge in [-0.2, -0.15) is 0 Å². The summed E-state index contributed by atoms with van der Waals surface area (Å²) in [5.41, 5.74) is 1.49. The van der Waals surface area contributed by atoms with Gasteiger partial charge in [0.25, 0.3) is 0 Å². The first-order valence-corrected chi connectivity index (χ1v) is 7.54. The van der Waals surface area contributed by atoms with Crippen molar-refractivity contribution in [3.8, 4) is 5.75 Å². The van der Waals surface area contributed by atoms with Gasteiger partial charge in [-0.15, -0.1) is 0 Å². The molecule has 2 atom stereocenters. The Bertz CT molecular complexity index is 630. The van der Waals surface area contributed by atoms with Gasteiger partial charge < -0.3 is 25.0 Å². The second-order valence-electron chi connectivity index (χ2n) is 5.21. The zero-order valence-electron chi connectivity index (χ0n) is 13.4. The van der Waals surface area contributed by atoms with E-state index in [-0.39, 0.29) is 6.61 Å². The van der Waals surface area contributed by atoms with Crippen LogP contribution in [-0.4, -0.2) is 36.1 Å². The second kappa shape index (κ2) is 8.90. The molecule has 0 spiro atoms. The molecule has 2 rings (SSSR count). The van der Waals surface area contributed by atoms with E-state index in [0.29, 0.717) is 11.3 Å². The number of ether oxygens (including phenoxy) is 2. The largest absolute Gasteiger partial charge is 0.497 e. The van der Waals surface area contributed by atoms with E-state index >= 15 is 0 Å². The van der Waals surface area contributed by atoms with Crippen molar-refractivity contribution < 1.29 is 24.5 Å². The van der Waals surface area contributed by atoms with E-state index in [4.69, 9.17) is 9.47 Å². The molecular weight excluding hydrogens is 310 g/mol. The van der Waals surface area contributed by atoms with Crippen LogP contribution in [0.1, 0.15) is 17.2 Å². The van der Waals surface area contributed by atoms with E-state index in [9.17, 15) is 15.0 Å². The van der Waals surface area contributed by atoms with Gasteiger partial charge in [-0.1, -0.05) is 42.5 Å². The fraction of sp³-hybridized carbons (Fsp3) is 0.278. The summed E-state index contributed by atoms with van der Waals surface area (Å²) < 4.78 is 10.2. The maximum atomic E-state index is 12.0. The summed E-state index contributed by atoms with van der Waals surface area (Å²) in [5, 5.41) is 21.8. The van der Waals surface area contributed by atoms with Gasteiger partial charge >= 0.3 is 6.09 Å². The van der Waals surface area contributed by atoms with Crippen molar-refractivity contribution in [2.75, 3.05) is 13.7 Å². The van der Waals surface area contributed by atoms with Gasteiger partial charge in [-0.05, 0) is 23.3 Å². The van der Waals surface area contributed by atoms with Crippen molar-refractivity contribution in [1.82, 2.24) is 5.32 Å². The summed E-state index contributed by atoms with van der Waals surface area (Å²) in [5.74, 6) is 0.655. The lowest BCUT2D eigenvalue weighted by Crippen LogP contribution is -2.38. The first-order valence-electron chi connectivity index (χ1n) is 7.54. The molecular formula is C18H21NO5. The van der Waals surface area contributed by atoms with E-state index in [1.165, 1.54) is 0 Å². The molecule has 0 saturated heterocycles. The minimum absolute atomic E-state index is 0.122. The number of hydrogen-bond acceptors (Lipinski definition) is 5. The molecule has 0 aliphatic carbocycles. The van der Waals surface area contributed by atoms with Crippen LogP contribution in [0.3, 0.4) is 0 Å². The summed E-state index contributed by atoms with van der Waals surface area (Å²) in [6, 6.07) is 15.3. The molecule has 24 heavy (non-hydrogen) atoms. The number of aliphatic hydroxyl groups is 2. The Balaban J connectivity index is 2.00. The summed E-state index contributed by atoms with van der Waals surface area (Å²) in [7, 11) is 1.55. The number of alkyl carbamates (subject to hydrolysis) is 1. The van der Waals surface area contributed by atoms with Gasteiger partial charge in [0.05, 0.1) is 19.8 Å². The lowest BCUT2D eigenvalue weighted by atomic mass is 10.0. The fourth-order valence-electron chi connectivity index (χ4n) is 2.21. The van der Waals surface area contributed by atoms with Gasteiger partial charge in [0.2, 0.25) is 0 Å². The molecule has 0 saturated carbocycles. The topological polar surface area (TPSA) is 88.0 Å². The maximum absolute atomic E-state index is 12.0. The minimum Gasteiger partial charge on any atom is -0.497 e. The standard InChI is InChI=1S/C18H21NO5/c1-23-15-9-7-14(8-10-15)17(16(21)11-20)19-18(22)24-12-13-5-3-2-4-6-13/h2-10,16-17,20-21H,11-12H2,1H3,(H,19,22)/t16-,17?/m1/s1. The number of rotatable bonds is 7. The van der Waals surface area contributed by atoms with Crippen LogP contribution in [0.2, 0.25) is 0 Å². The van der Waals surface area contributed by atoms with Crippen molar-refractivity contribution in [1.29, 1.82) is 0 Å². The van der Waals surface area contributed by atoms with Crippen LogP contribution >= 0.6 is 0 Å². The highest BCUT2D eigenvalue weighted by atomic mass is 16.5. The molecule has 0 bridgehead atoms. The molecule has 6 heteroatoms. The predicted octanol–water partition coefficient (Wildman–Crippen LogP) is 2.02. The summed E-state index contributed by atoms with van der Waals surface area (Å²) >= 11 is 0. The van der Waals surface area contributed by atoms with Crippen LogP contribution in [0.15, 0.2) is 54.6 Å². The Kier molecular flexibility index (Phi) is 6.60. The van der Waals surface area contributed by atoms with Crippen molar-refractivity contribution in [2.24, 2.45) is 0 Å². The molecule has 0 aliphatic heterocycles. The van der Waals surface area contributed by atoms with Crippen molar-refractivity contribution in [3.05, 3.63) is 65.7 Å². The van der Waals surface area contributed by atoms with Crippen LogP contribution < -0.4 is 10.1 Å². The van der Waals surface area contributed by atoms with E-state index in [1.54, 1.807) is 31.4 Å². The summed E-state index contributed by atoms with van der Waals surface area (Å²) in [4.78, 5) is 12.0. The Hall–Kier alpha value is -2.57. The Morgan fingerprint density at radius 3 is 2.38 bits per heavy atom. The van der Waals surface area contributed by atoms with Crippen LogP contribution in [0, 0.1) is 0 Å². The number of carbonyl (C=O) groups excluding carboxylic acids is 1. The third-order valence-corrected chi connectivity index (χ3v) is 3.53. The molecule has 2 aromatic carbocycles. The zero-order chi connectivity index (χ0) is 17.4. The number of carbonyl (C=O) groups is 1. The molecule has 0 heterocycles. The quantitative estimate of drug-likeness (QED) is 0.722. The highest BCUT2D eigenvalue weighted by Crippen LogP contribution is 2.20. The highest BCUT2D eigenvalue weighted by molar-refractivity contribution is 5.68. The lowest BCUT2D eigenvalue weighted by Gasteiger charge is -2.23. The molecule has 128 valence electrons. The zero-order valence-corrected chi connectivity index (χ0v) is 13.4. The van der Waals surface area contributed by atoms with Crippen molar-refractivity contribution in [3.63, 3.8) is 0 Å². The van der Waals surface area contributed by atoms with Crippen molar-refractivity contribution in [2.45, 2.75) is 18.8 Å². The third kappa shape index (κ3) is 4.97. The molecule has 2 aromatic rings. The molecule has 0 aromatic heterocycles. The number of hydrogen-bond donors (Lipinski definition) is 3. The molecule has 0 fully saturated rings. The highest BCUT2D eigenvalue weighted by Gasteiger charge is 2.23. The maximum Gasteiger partial charge on any atom is 0.408 e. The van der Waals surface area contributed by atoms with Crippen LogP contribution in [0.5, 0.6) is 5.75 Å². The Morgan fingerprint density at radius 2 is 1.79 bits per heavy atom.